The van der Waals surface area contributed by atoms with Crippen molar-refractivity contribution in [1.29, 1.82) is 0 Å². The topological polar surface area (TPSA) is 9.23 Å². The molecule has 0 bridgehead atoms. The molecule has 0 N–H and O–H groups in total. The highest BCUT2D eigenvalue weighted by molar-refractivity contribution is 7.80. The minimum atomic E-state index is 0.0598. The van der Waals surface area contributed by atoms with Gasteiger partial charge in [0, 0.05) is 5.41 Å². The van der Waals surface area contributed by atoms with Gasteiger partial charge in [0.05, 0.1) is 7.11 Å². The lowest BCUT2D eigenvalue weighted by atomic mass is 9.87. The lowest BCUT2D eigenvalue weighted by Gasteiger charge is -2.24. The fraction of sp³-hybridized carbons (Fsp3) is 0.941. The van der Waals surface area contributed by atoms with E-state index in [1.54, 1.807) is 7.11 Å². The molecule has 0 amide bonds. The van der Waals surface area contributed by atoms with E-state index in [4.69, 9.17) is 17.0 Å². The van der Waals surface area contributed by atoms with Crippen LogP contribution in [-0.2, 0) is 4.74 Å². The number of ether oxygens (including phenoxy) is 1. The Morgan fingerprint density at radius 2 is 1.26 bits per heavy atom. The SMILES string of the molecule is CCCCCCCCCCCCC(C)(C)C(=S)OC. The van der Waals surface area contributed by atoms with Crippen LogP contribution in [0.4, 0.5) is 0 Å². The van der Waals surface area contributed by atoms with E-state index in [2.05, 4.69) is 20.8 Å². The summed E-state index contributed by atoms with van der Waals surface area (Å²) >= 11 is 5.24. The molecule has 0 fully saturated rings. The van der Waals surface area contributed by atoms with Gasteiger partial charge in [0.2, 0.25) is 0 Å². The third-order valence-electron chi connectivity index (χ3n) is 3.89. The molecule has 0 aliphatic rings. The molecule has 0 rings (SSSR count). The Morgan fingerprint density at radius 3 is 1.68 bits per heavy atom. The van der Waals surface area contributed by atoms with Gasteiger partial charge in [-0.25, -0.2) is 0 Å². The van der Waals surface area contributed by atoms with E-state index in [0.717, 1.165) is 11.5 Å². The van der Waals surface area contributed by atoms with Gasteiger partial charge in [0.25, 0.3) is 0 Å². The molecular weight excluding hydrogens is 252 g/mol. The zero-order valence-corrected chi connectivity index (χ0v) is 14.4. The summed E-state index contributed by atoms with van der Waals surface area (Å²) in [5.41, 5.74) is 0.0598. The molecule has 0 aliphatic heterocycles. The number of hydrogen-bond donors (Lipinski definition) is 0. The van der Waals surface area contributed by atoms with Crippen molar-refractivity contribution in [3.63, 3.8) is 0 Å². The first-order valence-electron chi connectivity index (χ1n) is 8.13. The summed E-state index contributed by atoms with van der Waals surface area (Å²) in [4.78, 5) is 0. The van der Waals surface area contributed by atoms with Gasteiger partial charge in [0.1, 0.15) is 0 Å². The van der Waals surface area contributed by atoms with E-state index < -0.39 is 0 Å². The van der Waals surface area contributed by atoms with Crippen molar-refractivity contribution in [2.75, 3.05) is 7.11 Å². The van der Waals surface area contributed by atoms with Crippen LogP contribution in [0.5, 0.6) is 0 Å². The molecule has 114 valence electrons. The number of thiocarbonyl (C=S) groups is 1. The Bertz CT molecular complexity index is 223. The second kappa shape index (κ2) is 11.7. The van der Waals surface area contributed by atoms with Crippen LogP contribution in [0.2, 0.25) is 0 Å². The van der Waals surface area contributed by atoms with Crippen molar-refractivity contribution in [3.8, 4) is 0 Å². The van der Waals surface area contributed by atoms with Gasteiger partial charge in [-0.2, -0.15) is 0 Å². The van der Waals surface area contributed by atoms with E-state index in [1.807, 2.05) is 0 Å². The third-order valence-corrected chi connectivity index (χ3v) is 4.61. The lowest BCUT2D eigenvalue weighted by molar-refractivity contribution is 0.318. The maximum atomic E-state index is 5.24. The van der Waals surface area contributed by atoms with Crippen molar-refractivity contribution < 1.29 is 4.74 Å². The largest absolute Gasteiger partial charge is 0.490 e. The average molecular weight is 287 g/mol. The smallest absolute Gasteiger partial charge is 0.164 e. The van der Waals surface area contributed by atoms with E-state index in [9.17, 15) is 0 Å². The number of unbranched alkanes of at least 4 members (excludes halogenated alkanes) is 9. The van der Waals surface area contributed by atoms with Crippen molar-refractivity contribution >= 4 is 17.3 Å². The van der Waals surface area contributed by atoms with Gasteiger partial charge in [-0.15, -0.1) is 0 Å². The molecule has 2 heteroatoms. The standard InChI is InChI=1S/C17H34OS/c1-5-6-7-8-9-10-11-12-13-14-15-17(2,3)16(19)18-4/h5-15H2,1-4H3. The molecule has 19 heavy (non-hydrogen) atoms. The Hall–Kier alpha value is -0.110. The summed E-state index contributed by atoms with van der Waals surface area (Å²) in [6.07, 6.45) is 15.0. The lowest BCUT2D eigenvalue weighted by Crippen LogP contribution is -2.23. The maximum absolute atomic E-state index is 5.24. The first-order chi connectivity index (χ1) is 9.04. The molecule has 0 atom stereocenters. The molecule has 0 saturated heterocycles. The Morgan fingerprint density at radius 1 is 0.842 bits per heavy atom. The van der Waals surface area contributed by atoms with Crippen LogP contribution >= 0.6 is 12.2 Å². The molecular formula is C17H34OS. The van der Waals surface area contributed by atoms with Crippen LogP contribution < -0.4 is 0 Å². The Kier molecular flexibility index (Phi) is 11.6. The van der Waals surface area contributed by atoms with Crippen LogP contribution in [0, 0.1) is 5.41 Å². The maximum Gasteiger partial charge on any atom is 0.164 e. The van der Waals surface area contributed by atoms with Crippen molar-refractivity contribution in [1.82, 2.24) is 0 Å². The summed E-state index contributed by atoms with van der Waals surface area (Å²) in [5.74, 6) is 0. The summed E-state index contributed by atoms with van der Waals surface area (Å²) in [5, 5.41) is 0.753. The molecule has 0 heterocycles. The van der Waals surface area contributed by atoms with E-state index in [0.29, 0.717) is 0 Å². The molecule has 0 unspecified atom stereocenters. The minimum absolute atomic E-state index is 0.0598. The second-order valence-electron chi connectivity index (χ2n) is 6.31. The molecule has 0 aliphatic carbocycles. The minimum Gasteiger partial charge on any atom is -0.490 e. The highest BCUT2D eigenvalue weighted by Crippen LogP contribution is 2.26. The molecule has 0 aromatic rings. The summed E-state index contributed by atoms with van der Waals surface area (Å²) < 4.78 is 5.19. The Balaban J connectivity index is 3.33. The number of rotatable bonds is 12. The van der Waals surface area contributed by atoms with Gasteiger partial charge in [-0.3, -0.25) is 0 Å². The normalized spacial score (nSPS) is 11.6. The monoisotopic (exact) mass is 286 g/mol. The summed E-state index contributed by atoms with van der Waals surface area (Å²) in [6, 6.07) is 0. The second-order valence-corrected chi connectivity index (χ2v) is 6.68. The van der Waals surface area contributed by atoms with E-state index in [1.165, 1.54) is 64.2 Å². The average Bonchev–Trinajstić information content (AvgIpc) is 2.39. The molecule has 0 radical (unpaired) electrons. The predicted molar refractivity (Wildman–Crippen MR) is 89.8 cm³/mol. The van der Waals surface area contributed by atoms with Gasteiger partial charge < -0.3 is 4.74 Å². The fourth-order valence-corrected chi connectivity index (χ4v) is 2.53. The van der Waals surface area contributed by atoms with Crippen LogP contribution in [0.1, 0.15) is 91.4 Å². The molecule has 0 spiro atoms. The van der Waals surface area contributed by atoms with Gasteiger partial charge in [-0.1, -0.05) is 85.0 Å². The third kappa shape index (κ3) is 10.4. The van der Waals surface area contributed by atoms with Crippen molar-refractivity contribution in [2.45, 2.75) is 91.4 Å². The number of hydrogen-bond acceptors (Lipinski definition) is 2. The molecule has 0 aromatic heterocycles. The quantitative estimate of drug-likeness (QED) is 0.307. The molecule has 0 saturated carbocycles. The number of methoxy groups -OCH3 is 1. The fourth-order valence-electron chi connectivity index (χ4n) is 2.43. The zero-order chi connectivity index (χ0) is 14.6. The predicted octanol–water partition coefficient (Wildman–Crippen LogP) is 6.30. The van der Waals surface area contributed by atoms with Gasteiger partial charge in [0.15, 0.2) is 5.05 Å². The molecule has 1 nitrogen and oxygen atoms in total. The van der Waals surface area contributed by atoms with E-state index in [-0.39, 0.29) is 5.41 Å². The first kappa shape index (κ1) is 18.9. The van der Waals surface area contributed by atoms with Gasteiger partial charge in [-0.05, 0) is 18.6 Å². The zero-order valence-electron chi connectivity index (χ0n) is 13.6. The van der Waals surface area contributed by atoms with Crippen LogP contribution in [0.15, 0.2) is 0 Å². The summed E-state index contributed by atoms with van der Waals surface area (Å²) in [7, 11) is 1.68. The first-order valence-corrected chi connectivity index (χ1v) is 8.54. The highest BCUT2D eigenvalue weighted by Gasteiger charge is 2.23. The van der Waals surface area contributed by atoms with Crippen LogP contribution in [-0.4, -0.2) is 12.2 Å². The van der Waals surface area contributed by atoms with Crippen LogP contribution in [0.25, 0.3) is 0 Å². The van der Waals surface area contributed by atoms with E-state index >= 15 is 0 Å². The van der Waals surface area contributed by atoms with Crippen molar-refractivity contribution in [2.24, 2.45) is 5.41 Å². The van der Waals surface area contributed by atoms with Gasteiger partial charge >= 0.3 is 0 Å². The molecule has 0 aromatic carbocycles. The summed E-state index contributed by atoms with van der Waals surface area (Å²) in [6.45, 7) is 6.65. The highest BCUT2D eigenvalue weighted by atomic mass is 32.1. The Labute approximate surface area is 126 Å². The van der Waals surface area contributed by atoms with Crippen molar-refractivity contribution in [3.05, 3.63) is 0 Å². The van der Waals surface area contributed by atoms with Crippen LogP contribution in [0.3, 0.4) is 0 Å².